The molecule has 0 nitrogen and oxygen atoms in total. The van der Waals surface area contributed by atoms with Gasteiger partial charge in [0.25, 0.3) is 0 Å². The zero-order chi connectivity index (χ0) is 27.1. The summed E-state index contributed by atoms with van der Waals surface area (Å²) >= 11 is 0. The molecule has 0 heteroatoms. The molecule has 0 saturated carbocycles. The summed E-state index contributed by atoms with van der Waals surface area (Å²) in [5.41, 5.74) is 7.10. The Morgan fingerprint density at radius 3 is 1.65 bits per heavy atom. The topological polar surface area (TPSA) is 0 Å². The molecule has 0 fully saturated rings. The van der Waals surface area contributed by atoms with Gasteiger partial charge >= 0.3 is 0 Å². The molecule has 0 aromatic heterocycles. The Morgan fingerprint density at radius 1 is 0.475 bits per heavy atom. The van der Waals surface area contributed by atoms with E-state index in [1.54, 1.807) is 0 Å². The van der Waals surface area contributed by atoms with Gasteiger partial charge in [0.1, 0.15) is 0 Å². The lowest BCUT2D eigenvalue weighted by atomic mass is 9.84. The molecular weight excluding hydrogens is 480 g/mol. The van der Waals surface area contributed by atoms with Gasteiger partial charge in [-0.1, -0.05) is 153 Å². The van der Waals surface area contributed by atoms with Crippen molar-refractivity contribution in [1.29, 1.82) is 0 Å². The summed E-state index contributed by atoms with van der Waals surface area (Å²) in [4.78, 5) is 0. The van der Waals surface area contributed by atoms with Crippen LogP contribution in [0.3, 0.4) is 0 Å². The average molecular weight is 509 g/mol. The van der Waals surface area contributed by atoms with Crippen LogP contribution >= 0.6 is 0 Å². The molecule has 7 aromatic carbocycles. The maximum Gasteiger partial charge on any atom is -0.00201 e. The van der Waals surface area contributed by atoms with Gasteiger partial charge < -0.3 is 0 Å². The first-order chi connectivity index (χ1) is 19.7. The van der Waals surface area contributed by atoms with Crippen molar-refractivity contribution in [3.63, 3.8) is 0 Å². The highest BCUT2D eigenvalue weighted by Gasteiger charge is 2.17. The summed E-state index contributed by atoms with van der Waals surface area (Å²) in [6, 6.07) is 49.9. The maximum atomic E-state index is 4.35. The predicted molar refractivity (Wildman–Crippen MR) is 175 cm³/mol. The van der Waals surface area contributed by atoms with Crippen LogP contribution < -0.4 is 10.4 Å². The zero-order valence-corrected chi connectivity index (χ0v) is 22.3. The molecule has 0 spiro atoms. The highest BCUT2D eigenvalue weighted by atomic mass is 14.2. The van der Waals surface area contributed by atoms with E-state index < -0.39 is 0 Å². The van der Waals surface area contributed by atoms with E-state index >= 15 is 0 Å². The lowest BCUT2D eigenvalue weighted by Gasteiger charge is -2.19. The lowest BCUT2D eigenvalue weighted by molar-refractivity contribution is 1.53. The van der Waals surface area contributed by atoms with Crippen LogP contribution in [0.1, 0.15) is 5.56 Å². The summed E-state index contributed by atoms with van der Waals surface area (Å²) in [6.45, 7) is 8.50. The highest BCUT2D eigenvalue weighted by molar-refractivity contribution is 6.23. The van der Waals surface area contributed by atoms with E-state index in [-0.39, 0.29) is 0 Å². The van der Waals surface area contributed by atoms with E-state index in [2.05, 4.69) is 141 Å². The van der Waals surface area contributed by atoms with Crippen LogP contribution in [-0.4, -0.2) is 0 Å². The second-order valence-electron chi connectivity index (χ2n) is 10.3. The Hall–Kier alpha value is -5.20. The monoisotopic (exact) mass is 508 g/mol. The molecule has 0 unspecified atom stereocenters. The van der Waals surface area contributed by atoms with E-state index in [1.165, 1.54) is 54.6 Å². The van der Waals surface area contributed by atoms with Gasteiger partial charge in [0.05, 0.1) is 0 Å². The SMILES string of the molecule is C=C(/C=c1/ccccc1=C)c1ccc(-c2c3ccccc3c(-c3cccc4ccccc34)c3ccccc23)cc1. The second kappa shape index (κ2) is 9.84. The molecule has 0 bridgehead atoms. The molecule has 0 radical (unpaired) electrons. The molecule has 7 rings (SSSR count). The van der Waals surface area contributed by atoms with Crippen LogP contribution in [0.25, 0.3) is 72.8 Å². The smallest absolute Gasteiger partial charge is 0.00201 e. The first-order valence-corrected chi connectivity index (χ1v) is 13.7. The summed E-state index contributed by atoms with van der Waals surface area (Å²) in [6.07, 6.45) is 2.11. The fraction of sp³-hybridized carbons (Fsp3) is 0. The molecule has 0 N–H and O–H groups in total. The molecule has 40 heavy (non-hydrogen) atoms. The first-order valence-electron chi connectivity index (χ1n) is 13.7. The lowest BCUT2D eigenvalue weighted by Crippen LogP contribution is -2.21. The van der Waals surface area contributed by atoms with Crippen molar-refractivity contribution in [3.8, 4) is 22.3 Å². The Balaban J connectivity index is 1.45. The molecular formula is C40H28. The number of fused-ring (bicyclic) bond motifs is 3. The zero-order valence-electron chi connectivity index (χ0n) is 22.3. The standard InChI is InChI=1S/C40H28/c1-27-12-3-4-14-32(27)26-28(2)29-22-24-31(25-23-29)39-35-17-7-9-19-37(35)40(38-20-10-8-18-36(38)39)34-21-11-15-30-13-5-6-16-33(30)34/h3-26H,1-2H2/b32-26-. The predicted octanol–water partition coefficient (Wildman–Crippen LogP) is 9.38. The van der Waals surface area contributed by atoms with E-state index in [1.807, 2.05) is 18.2 Å². The summed E-state index contributed by atoms with van der Waals surface area (Å²) in [5.74, 6) is 0. The van der Waals surface area contributed by atoms with Crippen LogP contribution in [-0.2, 0) is 0 Å². The highest BCUT2D eigenvalue weighted by Crippen LogP contribution is 2.45. The number of allylic oxidation sites excluding steroid dienone is 1. The van der Waals surface area contributed by atoms with E-state index in [9.17, 15) is 0 Å². The van der Waals surface area contributed by atoms with Crippen molar-refractivity contribution < 1.29 is 0 Å². The van der Waals surface area contributed by atoms with Crippen LogP contribution in [0.15, 0.2) is 146 Å². The molecule has 0 saturated heterocycles. The second-order valence-corrected chi connectivity index (χ2v) is 10.3. The van der Waals surface area contributed by atoms with Gasteiger partial charge in [0.15, 0.2) is 0 Å². The molecule has 7 aromatic rings. The van der Waals surface area contributed by atoms with E-state index in [0.717, 1.165) is 21.6 Å². The first kappa shape index (κ1) is 23.9. The van der Waals surface area contributed by atoms with Crippen molar-refractivity contribution in [2.24, 2.45) is 0 Å². The van der Waals surface area contributed by atoms with Crippen LogP contribution in [0.4, 0.5) is 0 Å². The van der Waals surface area contributed by atoms with E-state index in [0.29, 0.717) is 0 Å². The van der Waals surface area contributed by atoms with Crippen molar-refractivity contribution in [2.75, 3.05) is 0 Å². The van der Waals surface area contributed by atoms with Gasteiger partial charge in [-0.05, 0) is 82.2 Å². The minimum Gasteiger partial charge on any atom is -0.0912 e. The summed E-state index contributed by atoms with van der Waals surface area (Å²) < 4.78 is 0. The van der Waals surface area contributed by atoms with Crippen molar-refractivity contribution >= 4 is 50.5 Å². The Labute approximate surface area is 234 Å². The molecule has 0 aliphatic heterocycles. The third-order valence-corrected chi connectivity index (χ3v) is 7.92. The van der Waals surface area contributed by atoms with Gasteiger partial charge in [-0.3, -0.25) is 0 Å². The number of hydrogen-bond acceptors (Lipinski definition) is 0. The number of benzene rings is 7. The van der Waals surface area contributed by atoms with Gasteiger partial charge in [-0.25, -0.2) is 0 Å². The quantitative estimate of drug-likeness (QED) is 0.208. The van der Waals surface area contributed by atoms with Crippen LogP contribution in [0, 0.1) is 0 Å². The summed E-state index contributed by atoms with van der Waals surface area (Å²) in [7, 11) is 0. The Kier molecular flexibility index (Phi) is 5.87. The Morgan fingerprint density at radius 2 is 1.00 bits per heavy atom. The van der Waals surface area contributed by atoms with Crippen LogP contribution in [0.2, 0.25) is 0 Å². The molecule has 0 atom stereocenters. The fourth-order valence-corrected chi connectivity index (χ4v) is 5.97. The van der Waals surface area contributed by atoms with Gasteiger partial charge in [0, 0.05) is 0 Å². The van der Waals surface area contributed by atoms with Gasteiger partial charge in [0.2, 0.25) is 0 Å². The van der Waals surface area contributed by atoms with Crippen molar-refractivity contribution in [3.05, 3.63) is 162 Å². The number of rotatable bonds is 4. The summed E-state index contributed by atoms with van der Waals surface area (Å²) in [5, 5.41) is 9.67. The van der Waals surface area contributed by atoms with Crippen molar-refractivity contribution in [1.82, 2.24) is 0 Å². The Bertz CT molecular complexity index is 2120. The third-order valence-electron chi connectivity index (χ3n) is 7.92. The van der Waals surface area contributed by atoms with Gasteiger partial charge in [-0.15, -0.1) is 0 Å². The maximum absolute atomic E-state index is 4.35. The minimum absolute atomic E-state index is 0.976. The molecule has 188 valence electrons. The largest absolute Gasteiger partial charge is 0.0912 e. The fourth-order valence-electron chi connectivity index (χ4n) is 5.97. The minimum atomic E-state index is 0.976. The molecule has 0 aliphatic rings. The average Bonchev–Trinajstić information content (AvgIpc) is 3.01. The van der Waals surface area contributed by atoms with Crippen LogP contribution in [0.5, 0.6) is 0 Å². The third kappa shape index (κ3) is 4.02. The number of hydrogen-bond donors (Lipinski definition) is 0. The van der Waals surface area contributed by atoms with E-state index in [4.69, 9.17) is 0 Å². The molecule has 0 amide bonds. The molecule has 0 heterocycles. The van der Waals surface area contributed by atoms with Crippen molar-refractivity contribution in [2.45, 2.75) is 0 Å². The van der Waals surface area contributed by atoms with Gasteiger partial charge in [-0.2, -0.15) is 0 Å². The normalized spacial score (nSPS) is 11.8. The molecule has 0 aliphatic carbocycles.